The van der Waals surface area contributed by atoms with Crippen LogP contribution in [-0.2, 0) is 0 Å². The van der Waals surface area contributed by atoms with E-state index in [4.69, 9.17) is 0 Å². The fraction of sp³-hybridized carbons (Fsp3) is 0.867. The zero-order chi connectivity index (χ0) is 11.7. The lowest BCUT2D eigenvalue weighted by Crippen LogP contribution is -2.24. The monoisotopic (exact) mass is 210 g/mol. The van der Waals surface area contributed by atoms with Crippen LogP contribution in [0.25, 0.3) is 0 Å². The van der Waals surface area contributed by atoms with E-state index >= 15 is 0 Å². The molecule has 2 rings (SSSR count). The van der Waals surface area contributed by atoms with Crippen molar-refractivity contribution in [3.63, 3.8) is 0 Å². The molecular weight excluding hydrogens is 180 g/mol. The Morgan fingerprint density at radius 3 is 1.87 bits per heavy atom. The Bertz CT molecular complexity index is 142. The fourth-order valence-electron chi connectivity index (χ4n) is 3.35. The summed E-state index contributed by atoms with van der Waals surface area (Å²) in [6, 6.07) is 0. The van der Waals surface area contributed by atoms with Gasteiger partial charge in [0.15, 0.2) is 0 Å². The smallest absolute Gasteiger partial charge is 0.0295 e. The zero-order valence-corrected chi connectivity index (χ0v) is 11.1. The molecule has 2 aliphatic rings. The third-order valence-electron chi connectivity index (χ3n) is 3.85. The van der Waals surface area contributed by atoms with Crippen molar-refractivity contribution in [2.45, 2.75) is 72.1 Å². The SMILES string of the molecule is C=C.CC.CC1CCCC2(CCCC2)C1. The van der Waals surface area contributed by atoms with E-state index in [0.717, 1.165) is 11.3 Å². The summed E-state index contributed by atoms with van der Waals surface area (Å²) in [6.45, 7) is 12.4. The Kier molecular flexibility index (Phi) is 7.82. The molecule has 0 nitrogen and oxygen atoms in total. The van der Waals surface area contributed by atoms with Crippen LogP contribution in [0.3, 0.4) is 0 Å². The Hall–Kier alpha value is -0.260. The van der Waals surface area contributed by atoms with E-state index in [9.17, 15) is 0 Å². The van der Waals surface area contributed by atoms with Gasteiger partial charge >= 0.3 is 0 Å². The van der Waals surface area contributed by atoms with Gasteiger partial charge in [-0.1, -0.05) is 46.5 Å². The van der Waals surface area contributed by atoms with Gasteiger partial charge in [0.25, 0.3) is 0 Å². The van der Waals surface area contributed by atoms with Gasteiger partial charge < -0.3 is 0 Å². The van der Waals surface area contributed by atoms with Crippen LogP contribution in [0.2, 0.25) is 0 Å². The molecule has 0 heteroatoms. The van der Waals surface area contributed by atoms with Crippen molar-refractivity contribution in [3.05, 3.63) is 13.2 Å². The van der Waals surface area contributed by atoms with Gasteiger partial charge in [-0.2, -0.15) is 0 Å². The molecule has 0 aromatic heterocycles. The van der Waals surface area contributed by atoms with Gasteiger partial charge in [-0.15, -0.1) is 13.2 Å². The van der Waals surface area contributed by atoms with Crippen LogP contribution in [0.4, 0.5) is 0 Å². The minimum atomic E-state index is 0.845. The summed E-state index contributed by atoms with van der Waals surface area (Å²) in [5, 5.41) is 0. The lowest BCUT2D eigenvalue weighted by molar-refractivity contribution is 0.153. The van der Waals surface area contributed by atoms with E-state index in [2.05, 4.69) is 20.1 Å². The number of hydrogen-bond donors (Lipinski definition) is 0. The molecule has 2 fully saturated rings. The van der Waals surface area contributed by atoms with Crippen molar-refractivity contribution in [1.82, 2.24) is 0 Å². The molecule has 0 heterocycles. The van der Waals surface area contributed by atoms with Crippen molar-refractivity contribution < 1.29 is 0 Å². The van der Waals surface area contributed by atoms with Crippen LogP contribution in [0, 0.1) is 11.3 Å². The maximum absolute atomic E-state index is 3.00. The van der Waals surface area contributed by atoms with Crippen LogP contribution in [-0.4, -0.2) is 0 Å². The van der Waals surface area contributed by atoms with E-state index in [1.807, 2.05) is 13.8 Å². The van der Waals surface area contributed by atoms with Gasteiger partial charge in [0.2, 0.25) is 0 Å². The van der Waals surface area contributed by atoms with Gasteiger partial charge in [0.1, 0.15) is 0 Å². The fourth-order valence-corrected chi connectivity index (χ4v) is 3.35. The Balaban J connectivity index is 0.000000442. The summed E-state index contributed by atoms with van der Waals surface area (Å²) in [6.07, 6.45) is 12.3. The van der Waals surface area contributed by atoms with Crippen LogP contribution in [0.1, 0.15) is 72.1 Å². The molecule has 0 aromatic rings. The van der Waals surface area contributed by atoms with Gasteiger partial charge in [0, 0.05) is 0 Å². The highest BCUT2D eigenvalue weighted by molar-refractivity contribution is 4.88. The van der Waals surface area contributed by atoms with E-state index in [-0.39, 0.29) is 0 Å². The predicted molar refractivity (Wildman–Crippen MR) is 71.1 cm³/mol. The lowest BCUT2D eigenvalue weighted by Gasteiger charge is -2.36. The first-order valence-electron chi connectivity index (χ1n) is 6.81. The second kappa shape index (κ2) is 7.96. The average molecular weight is 210 g/mol. The van der Waals surface area contributed by atoms with Crippen molar-refractivity contribution in [2.24, 2.45) is 11.3 Å². The molecule has 2 aliphatic carbocycles. The van der Waals surface area contributed by atoms with Gasteiger partial charge in [-0.25, -0.2) is 0 Å². The van der Waals surface area contributed by atoms with Gasteiger partial charge in [-0.05, 0) is 37.0 Å². The number of hydrogen-bond acceptors (Lipinski definition) is 0. The molecule has 0 N–H and O–H groups in total. The molecule has 1 atom stereocenters. The topological polar surface area (TPSA) is 0 Å². The quantitative estimate of drug-likeness (QED) is 0.457. The molecule has 0 radical (unpaired) electrons. The highest BCUT2D eigenvalue weighted by Crippen LogP contribution is 2.50. The highest BCUT2D eigenvalue weighted by atomic mass is 14.4. The van der Waals surface area contributed by atoms with Gasteiger partial charge in [0.05, 0.1) is 0 Å². The predicted octanol–water partition coefficient (Wildman–Crippen LogP) is 5.59. The first-order valence-corrected chi connectivity index (χ1v) is 6.81. The molecule has 0 aliphatic heterocycles. The Morgan fingerprint density at radius 2 is 1.40 bits per heavy atom. The molecule has 0 saturated heterocycles. The molecule has 0 aromatic carbocycles. The summed E-state index contributed by atoms with van der Waals surface area (Å²) < 4.78 is 0. The summed E-state index contributed by atoms with van der Waals surface area (Å²) in [5.41, 5.74) is 0.845. The second-order valence-corrected chi connectivity index (χ2v) is 4.91. The van der Waals surface area contributed by atoms with Crippen molar-refractivity contribution in [1.29, 1.82) is 0 Å². The zero-order valence-electron chi connectivity index (χ0n) is 11.1. The number of rotatable bonds is 0. The highest BCUT2D eigenvalue weighted by Gasteiger charge is 2.36. The molecule has 1 spiro atoms. The minimum Gasteiger partial charge on any atom is -0.106 e. The first kappa shape index (κ1) is 14.7. The van der Waals surface area contributed by atoms with Crippen molar-refractivity contribution in [2.75, 3.05) is 0 Å². The van der Waals surface area contributed by atoms with E-state index in [0.29, 0.717) is 0 Å². The third kappa shape index (κ3) is 4.40. The summed E-state index contributed by atoms with van der Waals surface area (Å²) in [4.78, 5) is 0. The maximum Gasteiger partial charge on any atom is -0.0295 e. The Morgan fingerprint density at radius 1 is 0.933 bits per heavy atom. The molecule has 0 bridgehead atoms. The summed E-state index contributed by atoms with van der Waals surface area (Å²) >= 11 is 0. The summed E-state index contributed by atoms with van der Waals surface area (Å²) in [7, 11) is 0. The molecule has 2 saturated carbocycles. The first-order chi connectivity index (χ1) is 7.31. The second-order valence-electron chi connectivity index (χ2n) is 4.91. The molecule has 1 unspecified atom stereocenters. The van der Waals surface area contributed by atoms with Crippen LogP contribution >= 0.6 is 0 Å². The lowest BCUT2D eigenvalue weighted by atomic mass is 9.69. The molecule has 90 valence electrons. The average Bonchev–Trinajstić information content (AvgIpc) is 2.72. The van der Waals surface area contributed by atoms with E-state index in [1.165, 1.54) is 25.7 Å². The van der Waals surface area contributed by atoms with Crippen molar-refractivity contribution >= 4 is 0 Å². The van der Waals surface area contributed by atoms with Crippen LogP contribution < -0.4 is 0 Å². The standard InChI is InChI=1S/C11H20.C2H6.C2H4/c1-10-5-4-8-11(9-10)6-2-3-7-11;2*1-2/h10H,2-9H2,1H3;1-2H3;1-2H2. The molecule has 15 heavy (non-hydrogen) atoms. The molecular formula is C15H30. The normalized spacial score (nSPS) is 27.3. The Labute approximate surface area is 97.2 Å². The van der Waals surface area contributed by atoms with Crippen LogP contribution in [0.15, 0.2) is 13.2 Å². The van der Waals surface area contributed by atoms with Gasteiger partial charge in [-0.3, -0.25) is 0 Å². The van der Waals surface area contributed by atoms with E-state index in [1.54, 1.807) is 25.7 Å². The third-order valence-corrected chi connectivity index (χ3v) is 3.85. The van der Waals surface area contributed by atoms with Crippen molar-refractivity contribution in [3.8, 4) is 0 Å². The minimum absolute atomic E-state index is 0.845. The van der Waals surface area contributed by atoms with Crippen LogP contribution in [0.5, 0.6) is 0 Å². The largest absolute Gasteiger partial charge is 0.106 e. The molecule has 0 amide bonds. The van der Waals surface area contributed by atoms with E-state index < -0.39 is 0 Å². The summed E-state index contributed by atoms with van der Waals surface area (Å²) in [5.74, 6) is 1.03. The maximum atomic E-state index is 3.00.